The van der Waals surface area contributed by atoms with Gasteiger partial charge in [0.1, 0.15) is 5.75 Å². The van der Waals surface area contributed by atoms with E-state index < -0.39 is 0 Å². The van der Waals surface area contributed by atoms with Crippen molar-refractivity contribution in [2.75, 3.05) is 44.0 Å². The molecule has 154 valence electrons. The van der Waals surface area contributed by atoms with Gasteiger partial charge in [-0.1, -0.05) is 0 Å². The number of nitrogens with one attached hydrogen (secondary N) is 1. The van der Waals surface area contributed by atoms with Crippen LogP contribution in [-0.2, 0) is 4.74 Å². The summed E-state index contributed by atoms with van der Waals surface area (Å²) in [4.78, 5) is 31.0. The standard InChI is InChI=1S/C20H21N7O3/c1-22-18(28)13-2-4-15(5-3-13)30-17-10-16(14-11-23-19(21)24-12-14)25-20(26-17)27-6-8-29-9-7-27/h2-5,10-12H,6-9H2,1H3,(H,22,28)(H2,21,23,24). The summed E-state index contributed by atoms with van der Waals surface area (Å²) >= 11 is 0. The highest BCUT2D eigenvalue weighted by atomic mass is 16.5. The molecule has 0 saturated carbocycles. The lowest BCUT2D eigenvalue weighted by Crippen LogP contribution is -2.37. The van der Waals surface area contributed by atoms with Crippen molar-refractivity contribution < 1.29 is 14.3 Å². The monoisotopic (exact) mass is 407 g/mol. The van der Waals surface area contributed by atoms with Crippen LogP contribution in [0.15, 0.2) is 42.7 Å². The molecule has 3 N–H and O–H groups in total. The third-order valence-corrected chi connectivity index (χ3v) is 4.52. The number of carbonyl (C=O) groups excluding carboxylic acids is 1. The van der Waals surface area contributed by atoms with Gasteiger partial charge in [-0.25, -0.2) is 15.0 Å². The topological polar surface area (TPSA) is 128 Å². The Morgan fingerprint density at radius 3 is 2.50 bits per heavy atom. The van der Waals surface area contributed by atoms with Crippen LogP contribution in [0.3, 0.4) is 0 Å². The van der Waals surface area contributed by atoms with Crippen molar-refractivity contribution in [1.82, 2.24) is 25.3 Å². The molecule has 1 amide bonds. The molecule has 0 bridgehead atoms. The lowest BCUT2D eigenvalue weighted by atomic mass is 10.2. The number of hydrogen-bond donors (Lipinski definition) is 2. The van der Waals surface area contributed by atoms with Crippen molar-refractivity contribution >= 4 is 17.8 Å². The predicted octanol–water partition coefficient (Wildman–Crippen LogP) is 1.50. The van der Waals surface area contributed by atoms with Crippen LogP contribution >= 0.6 is 0 Å². The summed E-state index contributed by atoms with van der Waals surface area (Å²) < 4.78 is 11.4. The molecule has 3 aromatic rings. The maximum atomic E-state index is 11.7. The number of morpholine rings is 1. The van der Waals surface area contributed by atoms with Gasteiger partial charge in [-0.3, -0.25) is 4.79 Å². The molecule has 2 aromatic heterocycles. The fraction of sp³-hybridized carbons (Fsp3) is 0.250. The first-order valence-corrected chi connectivity index (χ1v) is 9.42. The maximum absolute atomic E-state index is 11.7. The Balaban J connectivity index is 1.66. The first-order chi connectivity index (χ1) is 14.6. The van der Waals surface area contributed by atoms with Crippen LogP contribution in [0.5, 0.6) is 11.6 Å². The molecule has 0 atom stereocenters. The van der Waals surface area contributed by atoms with Crippen molar-refractivity contribution in [3.8, 4) is 22.9 Å². The van der Waals surface area contributed by atoms with E-state index in [1.807, 2.05) is 4.90 Å². The van der Waals surface area contributed by atoms with E-state index in [0.717, 1.165) is 0 Å². The van der Waals surface area contributed by atoms with Gasteiger partial charge < -0.3 is 25.4 Å². The molecule has 0 spiro atoms. The smallest absolute Gasteiger partial charge is 0.251 e. The average Bonchev–Trinajstić information content (AvgIpc) is 2.80. The number of nitrogens with zero attached hydrogens (tertiary/aromatic N) is 5. The summed E-state index contributed by atoms with van der Waals surface area (Å²) in [7, 11) is 1.59. The van der Waals surface area contributed by atoms with Gasteiger partial charge in [0.25, 0.3) is 5.91 Å². The summed E-state index contributed by atoms with van der Waals surface area (Å²) in [5, 5.41) is 2.59. The van der Waals surface area contributed by atoms with Crippen molar-refractivity contribution in [2.24, 2.45) is 0 Å². The molecule has 1 saturated heterocycles. The second kappa shape index (κ2) is 8.70. The Labute approximate surface area is 173 Å². The summed E-state index contributed by atoms with van der Waals surface area (Å²) in [6.07, 6.45) is 3.21. The summed E-state index contributed by atoms with van der Waals surface area (Å²) in [6, 6.07) is 8.52. The van der Waals surface area contributed by atoms with Crippen LogP contribution in [-0.4, -0.2) is 59.2 Å². The highest BCUT2D eigenvalue weighted by molar-refractivity contribution is 5.94. The van der Waals surface area contributed by atoms with Crippen LogP contribution in [0.25, 0.3) is 11.3 Å². The minimum Gasteiger partial charge on any atom is -0.439 e. The molecule has 0 aliphatic carbocycles. The maximum Gasteiger partial charge on any atom is 0.251 e. The van der Waals surface area contributed by atoms with Gasteiger partial charge in [0.2, 0.25) is 17.8 Å². The number of hydrogen-bond acceptors (Lipinski definition) is 9. The zero-order valence-corrected chi connectivity index (χ0v) is 16.4. The van der Waals surface area contributed by atoms with Gasteiger partial charge in [-0.15, -0.1) is 0 Å². The molecule has 1 aliphatic rings. The number of nitrogens with two attached hydrogens (primary N) is 1. The van der Waals surface area contributed by atoms with Crippen molar-refractivity contribution in [3.63, 3.8) is 0 Å². The molecule has 30 heavy (non-hydrogen) atoms. The largest absolute Gasteiger partial charge is 0.439 e. The van der Waals surface area contributed by atoms with E-state index in [4.69, 9.17) is 15.2 Å². The normalized spacial score (nSPS) is 13.7. The van der Waals surface area contributed by atoms with Gasteiger partial charge in [-0.05, 0) is 24.3 Å². The Bertz CT molecular complexity index is 1020. The number of ether oxygens (including phenoxy) is 2. The number of benzene rings is 1. The molecule has 10 nitrogen and oxygen atoms in total. The van der Waals surface area contributed by atoms with Crippen LogP contribution in [0, 0.1) is 0 Å². The molecule has 0 unspecified atom stereocenters. The Morgan fingerprint density at radius 1 is 1.13 bits per heavy atom. The predicted molar refractivity (Wildman–Crippen MR) is 110 cm³/mol. The van der Waals surface area contributed by atoms with Gasteiger partial charge >= 0.3 is 0 Å². The number of amides is 1. The third kappa shape index (κ3) is 4.44. The van der Waals surface area contributed by atoms with Crippen LogP contribution < -0.4 is 20.7 Å². The van der Waals surface area contributed by atoms with E-state index in [0.29, 0.717) is 60.7 Å². The highest BCUT2D eigenvalue weighted by Crippen LogP contribution is 2.27. The van der Waals surface area contributed by atoms with Crippen LogP contribution in [0.2, 0.25) is 0 Å². The van der Waals surface area contributed by atoms with Gasteiger partial charge in [0.15, 0.2) is 0 Å². The molecular weight excluding hydrogens is 386 g/mol. The van der Waals surface area contributed by atoms with E-state index in [9.17, 15) is 4.79 Å². The molecule has 1 aromatic carbocycles. The Morgan fingerprint density at radius 2 is 1.83 bits per heavy atom. The first-order valence-electron chi connectivity index (χ1n) is 9.42. The van der Waals surface area contributed by atoms with Gasteiger partial charge in [0.05, 0.1) is 18.9 Å². The SMILES string of the molecule is CNC(=O)c1ccc(Oc2cc(-c3cnc(N)nc3)nc(N3CCOCC3)n2)cc1. The number of carbonyl (C=O) groups is 1. The second-order valence-electron chi connectivity index (χ2n) is 6.53. The fourth-order valence-electron chi connectivity index (χ4n) is 2.93. The van der Waals surface area contributed by atoms with Gasteiger partial charge in [0, 0.05) is 49.7 Å². The van der Waals surface area contributed by atoms with E-state index in [-0.39, 0.29) is 11.9 Å². The lowest BCUT2D eigenvalue weighted by molar-refractivity contribution is 0.0963. The second-order valence-corrected chi connectivity index (χ2v) is 6.53. The summed E-state index contributed by atoms with van der Waals surface area (Å²) in [5.74, 6) is 1.47. The van der Waals surface area contributed by atoms with E-state index in [2.05, 4.69) is 25.3 Å². The van der Waals surface area contributed by atoms with Crippen molar-refractivity contribution in [2.45, 2.75) is 0 Å². The minimum atomic E-state index is -0.163. The quantitative estimate of drug-likeness (QED) is 0.646. The lowest BCUT2D eigenvalue weighted by Gasteiger charge is -2.27. The van der Waals surface area contributed by atoms with Crippen molar-refractivity contribution in [3.05, 3.63) is 48.3 Å². The molecule has 0 radical (unpaired) electrons. The molecule has 1 aliphatic heterocycles. The molecule has 1 fully saturated rings. The number of aromatic nitrogens is 4. The van der Waals surface area contributed by atoms with Crippen molar-refractivity contribution in [1.29, 1.82) is 0 Å². The molecule has 4 rings (SSSR count). The average molecular weight is 407 g/mol. The van der Waals surface area contributed by atoms with Crippen LogP contribution in [0.1, 0.15) is 10.4 Å². The van der Waals surface area contributed by atoms with E-state index in [1.165, 1.54) is 0 Å². The minimum absolute atomic E-state index is 0.163. The first kappa shape index (κ1) is 19.5. The van der Waals surface area contributed by atoms with E-state index in [1.54, 1.807) is 49.8 Å². The van der Waals surface area contributed by atoms with E-state index >= 15 is 0 Å². The third-order valence-electron chi connectivity index (χ3n) is 4.52. The summed E-state index contributed by atoms with van der Waals surface area (Å²) in [5.41, 5.74) is 7.45. The zero-order chi connectivity index (χ0) is 20.9. The zero-order valence-electron chi connectivity index (χ0n) is 16.4. The Hall–Kier alpha value is -3.79. The molecular formula is C20H21N7O3. The van der Waals surface area contributed by atoms with Gasteiger partial charge in [-0.2, -0.15) is 4.98 Å². The fourth-order valence-corrected chi connectivity index (χ4v) is 2.93. The number of nitrogen functional groups attached to an aromatic ring is 1. The number of rotatable bonds is 5. The van der Waals surface area contributed by atoms with Crippen LogP contribution in [0.4, 0.5) is 11.9 Å². The highest BCUT2D eigenvalue weighted by Gasteiger charge is 2.17. The molecule has 10 heteroatoms. The summed E-state index contributed by atoms with van der Waals surface area (Å²) in [6.45, 7) is 2.58. The Kier molecular flexibility index (Phi) is 5.66. The number of anilines is 2. The molecule has 3 heterocycles.